The van der Waals surface area contributed by atoms with Crippen LogP contribution in [0.4, 0.5) is 0 Å². The minimum Gasteiger partial charge on any atom is -0.492 e. The molecule has 33 heavy (non-hydrogen) atoms. The van der Waals surface area contributed by atoms with Crippen molar-refractivity contribution >= 4 is 0 Å². The predicted octanol–water partition coefficient (Wildman–Crippen LogP) is 4.37. The van der Waals surface area contributed by atoms with Gasteiger partial charge in [0.25, 0.3) is 0 Å². The molecule has 6 heteroatoms. The van der Waals surface area contributed by atoms with E-state index < -0.39 is 5.60 Å². The van der Waals surface area contributed by atoms with E-state index in [-0.39, 0.29) is 0 Å². The third-order valence-corrected chi connectivity index (χ3v) is 6.29. The van der Waals surface area contributed by atoms with Crippen LogP contribution in [-0.4, -0.2) is 51.7 Å². The summed E-state index contributed by atoms with van der Waals surface area (Å²) < 4.78 is 13.8. The van der Waals surface area contributed by atoms with Gasteiger partial charge in [0.2, 0.25) is 0 Å². The van der Waals surface area contributed by atoms with Gasteiger partial charge in [-0.05, 0) is 75.0 Å². The van der Waals surface area contributed by atoms with E-state index in [4.69, 9.17) is 9.47 Å². The highest BCUT2D eigenvalue weighted by molar-refractivity contribution is 5.35. The molecule has 176 valence electrons. The van der Waals surface area contributed by atoms with Crippen LogP contribution in [0, 0.1) is 13.8 Å². The zero-order valence-electron chi connectivity index (χ0n) is 19.7. The Labute approximate surface area is 196 Å². The smallest absolute Gasteiger partial charge is 0.122 e. The first-order valence-corrected chi connectivity index (χ1v) is 11.8. The van der Waals surface area contributed by atoms with Gasteiger partial charge in [-0.15, -0.1) is 0 Å². The molecular weight excluding hydrogens is 414 g/mol. The van der Waals surface area contributed by atoms with Gasteiger partial charge in [-0.1, -0.05) is 29.8 Å². The van der Waals surface area contributed by atoms with Gasteiger partial charge in [-0.2, -0.15) is 5.10 Å². The summed E-state index contributed by atoms with van der Waals surface area (Å²) in [5.41, 5.74) is 2.77. The highest BCUT2D eigenvalue weighted by Gasteiger charge is 2.31. The molecule has 0 spiro atoms. The van der Waals surface area contributed by atoms with Gasteiger partial charge in [0.1, 0.15) is 24.7 Å². The molecule has 0 amide bonds. The fourth-order valence-corrected chi connectivity index (χ4v) is 4.39. The Kier molecular flexibility index (Phi) is 7.68. The Hall–Kier alpha value is -2.83. The van der Waals surface area contributed by atoms with Crippen molar-refractivity contribution in [3.8, 4) is 11.5 Å². The first-order valence-electron chi connectivity index (χ1n) is 11.8. The van der Waals surface area contributed by atoms with Crippen molar-refractivity contribution in [3.05, 3.63) is 77.6 Å². The molecule has 2 heterocycles. The van der Waals surface area contributed by atoms with E-state index in [2.05, 4.69) is 48.1 Å². The number of hydrogen-bond donors (Lipinski definition) is 1. The van der Waals surface area contributed by atoms with E-state index in [1.165, 1.54) is 11.1 Å². The lowest BCUT2D eigenvalue weighted by atomic mass is 9.96. The standard InChI is InChI=1S/C27H35N3O3/c1-22-8-9-26(23(2)18-22)33-21-27(31)10-4-13-29(15-11-27)20-24-6-3-7-25(19-24)32-17-16-30-14-5-12-28-30/h3,5-9,12,14,18-19,31H,4,10-11,13,15-17,20-21H2,1-2H3/t27-/m1/s1. The molecule has 1 fully saturated rings. The van der Waals surface area contributed by atoms with Crippen LogP contribution in [0.25, 0.3) is 0 Å². The average Bonchev–Trinajstić information content (AvgIpc) is 3.24. The summed E-state index contributed by atoms with van der Waals surface area (Å²) in [6.07, 6.45) is 6.13. The Bertz CT molecular complexity index is 1020. The normalized spacial score (nSPS) is 19.2. The fourth-order valence-electron chi connectivity index (χ4n) is 4.39. The number of aliphatic hydroxyl groups is 1. The van der Waals surface area contributed by atoms with Gasteiger partial charge in [0.15, 0.2) is 0 Å². The third kappa shape index (κ3) is 6.83. The summed E-state index contributed by atoms with van der Waals surface area (Å²) in [5, 5.41) is 15.4. The van der Waals surface area contributed by atoms with E-state index in [1.54, 1.807) is 6.20 Å². The molecule has 1 saturated heterocycles. The summed E-state index contributed by atoms with van der Waals surface area (Å²) in [6, 6.07) is 16.4. The highest BCUT2D eigenvalue weighted by Crippen LogP contribution is 2.27. The van der Waals surface area contributed by atoms with Crippen LogP contribution in [-0.2, 0) is 13.1 Å². The van der Waals surface area contributed by atoms with Gasteiger partial charge in [-0.3, -0.25) is 9.58 Å². The molecule has 1 aromatic heterocycles. The van der Waals surface area contributed by atoms with Crippen molar-refractivity contribution < 1.29 is 14.6 Å². The molecular formula is C27H35N3O3. The maximum atomic E-state index is 11.2. The van der Waals surface area contributed by atoms with Crippen LogP contribution in [0.2, 0.25) is 0 Å². The van der Waals surface area contributed by atoms with Gasteiger partial charge in [-0.25, -0.2) is 0 Å². The van der Waals surface area contributed by atoms with Crippen LogP contribution in [0.1, 0.15) is 36.0 Å². The highest BCUT2D eigenvalue weighted by atomic mass is 16.5. The molecule has 1 N–H and O–H groups in total. The Balaban J connectivity index is 1.27. The van der Waals surface area contributed by atoms with Crippen LogP contribution < -0.4 is 9.47 Å². The Morgan fingerprint density at radius 3 is 2.76 bits per heavy atom. The van der Waals surface area contributed by atoms with Crippen LogP contribution >= 0.6 is 0 Å². The quantitative estimate of drug-likeness (QED) is 0.526. The number of rotatable bonds is 9. The van der Waals surface area contributed by atoms with E-state index >= 15 is 0 Å². The molecule has 0 unspecified atom stereocenters. The molecule has 3 aromatic rings. The number of hydrogen-bond acceptors (Lipinski definition) is 5. The van der Waals surface area contributed by atoms with E-state index in [0.717, 1.165) is 56.1 Å². The molecule has 0 saturated carbocycles. The average molecular weight is 450 g/mol. The van der Waals surface area contributed by atoms with Crippen molar-refractivity contribution in [1.82, 2.24) is 14.7 Å². The fraction of sp³-hybridized carbons (Fsp3) is 0.444. The maximum absolute atomic E-state index is 11.2. The Morgan fingerprint density at radius 1 is 1.03 bits per heavy atom. The zero-order valence-corrected chi connectivity index (χ0v) is 19.7. The number of benzene rings is 2. The minimum atomic E-state index is -0.788. The number of nitrogens with zero attached hydrogens (tertiary/aromatic N) is 3. The summed E-state index contributed by atoms with van der Waals surface area (Å²) in [6.45, 7) is 8.44. The van der Waals surface area contributed by atoms with Gasteiger partial charge >= 0.3 is 0 Å². The topological polar surface area (TPSA) is 59.8 Å². The zero-order chi connectivity index (χ0) is 23.1. The second kappa shape index (κ2) is 10.9. The van der Waals surface area contributed by atoms with Crippen LogP contribution in [0.5, 0.6) is 11.5 Å². The molecule has 4 rings (SSSR count). The van der Waals surface area contributed by atoms with Gasteiger partial charge in [0, 0.05) is 25.5 Å². The molecule has 0 aliphatic carbocycles. The monoisotopic (exact) mass is 449 g/mol. The summed E-state index contributed by atoms with van der Waals surface area (Å²) in [4.78, 5) is 2.41. The van der Waals surface area contributed by atoms with Crippen LogP contribution in [0.3, 0.4) is 0 Å². The lowest BCUT2D eigenvalue weighted by Gasteiger charge is -2.27. The number of aryl methyl sites for hydroxylation is 2. The minimum absolute atomic E-state index is 0.338. The second-order valence-corrected chi connectivity index (χ2v) is 9.18. The first kappa shape index (κ1) is 23.3. The molecule has 2 aromatic carbocycles. The van der Waals surface area contributed by atoms with Crippen LogP contribution in [0.15, 0.2) is 60.9 Å². The lowest BCUT2D eigenvalue weighted by molar-refractivity contribution is -0.0170. The lowest BCUT2D eigenvalue weighted by Crippen LogP contribution is -2.37. The summed E-state index contributed by atoms with van der Waals surface area (Å²) >= 11 is 0. The molecule has 0 radical (unpaired) electrons. The van der Waals surface area contributed by atoms with Crippen molar-refractivity contribution in [2.24, 2.45) is 0 Å². The SMILES string of the molecule is Cc1ccc(OC[C@@]2(O)CCCN(Cc3cccc(OCCn4cccn4)c3)CC2)c(C)c1. The molecule has 6 nitrogen and oxygen atoms in total. The number of ether oxygens (including phenoxy) is 2. The molecule has 1 atom stereocenters. The number of likely N-dealkylation sites (tertiary alicyclic amines) is 1. The maximum Gasteiger partial charge on any atom is 0.122 e. The third-order valence-electron chi connectivity index (χ3n) is 6.29. The summed E-state index contributed by atoms with van der Waals surface area (Å²) in [7, 11) is 0. The van der Waals surface area contributed by atoms with Crippen molar-refractivity contribution in [1.29, 1.82) is 0 Å². The second-order valence-electron chi connectivity index (χ2n) is 9.18. The van der Waals surface area contributed by atoms with Gasteiger partial charge in [0.05, 0.1) is 12.1 Å². The molecule has 1 aliphatic heterocycles. The van der Waals surface area contributed by atoms with Crippen molar-refractivity contribution in [2.75, 3.05) is 26.3 Å². The molecule has 1 aliphatic rings. The largest absolute Gasteiger partial charge is 0.492 e. The van der Waals surface area contributed by atoms with E-state index in [1.807, 2.05) is 35.1 Å². The molecule has 0 bridgehead atoms. The van der Waals surface area contributed by atoms with Crippen molar-refractivity contribution in [2.45, 2.75) is 51.8 Å². The Morgan fingerprint density at radius 2 is 1.94 bits per heavy atom. The summed E-state index contributed by atoms with van der Waals surface area (Å²) in [5.74, 6) is 1.74. The van der Waals surface area contributed by atoms with Crippen molar-refractivity contribution in [3.63, 3.8) is 0 Å². The van der Waals surface area contributed by atoms with E-state index in [0.29, 0.717) is 19.6 Å². The van der Waals surface area contributed by atoms with Gasteiger partial charge < -0.3 is 14.6 Å². The predicted molar refractivity (Wildman–Crippen MR) is 130 cm³/mol. The number of aromatic nitrogens is 2. The first-order chi connectivity index (χ1) is 16.0. The van der Waals surface area contributed by atoms with E-state index in [9.17, 15) is 5.11 Å².